The highest BCUT2D eigenvalue weighted by molar-refractivity contribution is 9.10. The summed E-state index contributed by atoms with van der Waals surface area (Å²) in [7, 11) is 0. The zero-order valence-electron chi connectivity index (χ0n) is 16.1. The van der Waals surface area contributed by atoms with Crippen LogP contribution < -0.4 is 5.32 Å². The Morgan fingerprint density at radius 3 is 2.58 bits per heavy atom. The maximum Gasteiger partial charge on any atom is 0.413 e. The molecule has 1 unspecified atom stereocenters. The number of hydrogen-bond donors (Lipinski definition) is 2. The van der Waals surface area contributed by atoms with Crippen molar-refractivity contribution < 1.29 is 14.6 Å². The van der Waals surface area contributed by atoms with E-state index in [0.717, 1.165) is 10.0 Å². The average molecular weight is 443 g/mol. The first-order chi connectivity index (χ1) is 11.8. The molecule has 1 aliphatic heterocycles. The first-order valence-corrected chi connectivity index (χ1v) is 10.2. The fourth-order valence-electron chi connectivity index (χ4n) is 2.68. The van der Waals surface area contributed by atoms with E-state index in [2.05, 4.69) is 21.2 Å². The number of aliphatic hydroxyl groups is 1. The highest BCUT2D eigenvalue weighted by Crippen LogP contribution is 2.43. The van der Waals surface area contributed by atoms with E-state index >= 15 is 0 Å². The number of amides is 1. The Morgan fingerprint density at radius 2 is 2.04 bits per heavy atom. The third kappa shape index (κ3) is 5.72. The summed E-state index contributed by atoms with van der Waals surface area (Å²) in [5.74, 6) is 0. The Labute approximate surface area is 168 Å². The van der Waals surface area contributed by atoms with Crippen molar-refractivity contribution >= 4 is 39.0 Å². The van der Waals surface area contributed by atoms with Gasteiger partial charge in [0.05, 0.1) is 11.1 Å². The molecule has 0 spiro atoms. The molecule has 2 rings (SSSR count). The highest BCUT2D eigenvalue weighted by Gasteiger charge is 2.42. The van der Waals surface area contributed by atoms with Crippen LogP contribution in [0.25, 0.3) is 0 Å². The van der Waals surface area contributed by atoms with E-state index < -0.39 is 22.8 Å². The van der Waals surface area contributed by atoms with Crippen molar-refractivity contribution in [3.63, 3.8) is 0 Å². The molecule has 0 fully saturated rings. The van der Waals surface area contributed by atoms with Gasteiger partial charge in [-0.15, -0.1) is 0 Å². The lowest BCUT2D eigenvalue weighted by atomic mass is 9.84. The van der Waals surface area contributed by atoms with Gasteiger partial charge in [0.2, 0.25) is 0 Å². The molecule has 0 aliphatic carbocycles. The summed E-state index contributed by atoms with van der Waals surface area (Å²) in [6.07, 6.45) is 0.105. The highest BCUT2D eigenvalue weighted by atomic mass is 79.9. The van der Waals surface area contributed by atoms with Gasteiger partial charge < -0.3 is 9.84 Å². The van der Waals surface area contributed by atoms with Crippen LogP contribution in [0.2, 0.25) is 0 Å². The molecule has 0 saturated heterocycles. The Kier molecular flexibility index (Phi) is 6.15. The molecule has 0 radical (unpaired) electrons. The van der Waals surface area contributed by atoms with Crippen molar-refractivity contribution in [1.29, 1.82) is 0 Å². The van der Waals surface area contributed by atoms with Gasteiger partial charge in [-0.1, -0.05) is 39.8 Å². The van der Waals surface area contributed by atoms with Crippen LogP contribution in [0.5, 0.6) is 0 Å². The molecular formula is C19H27BrN2O3S. The number of carbonyl (C=O) groups excluding carboxylic acids is 1. The summed E-state index contributed by atoms with van der Waals surface area (Å²) >= 11 is 4.87. The molecule has 0 aromatic heterocycles. The minimum Gasteiger partial charge on any atom is -0.444 e. The standard InChI is InChI=1S/C19H27BrN2O3S/c1-17(2,3)25-16(23)21-15-22-19(6,11-14(26-15)18(4,5)24)12-8-7-9-13(20)10-12/h7-10,14,24H,11H2,1-6H3,(H,21,22,23)/t14?,19-/m0/s1. The molecule has 1 heterocycles. The number of halogens is 1. The number of nitrogens with one attached hydrogen (secondary N) is 1. The summed E-state index contributed by atoms with van der Waals surface area (Å²) in [5.41, 5.74) is -1.06. The zero-order chi connectivity index (χ0) is 19.8. The van der Waals surface area contributed by atoms with Crippen LogP contribution in [-0.4, -0.2) is 32.8 Å². The number of thioether (sulfide) groups is 1. The van der Waals surface area contributed by atoms with Gasteiger partial charge >= 0.3 is 6.09 Å². The van der Waals surface area contributed by atoms with Gasteiger partial charge in [-0.05, 0) is 65.7 Å². The molecular weight excluding hydrogens is 416 g/mol. The van der Waals surface area contributed by atoms with E-state index in [1.54, 1.807) is 13.8 Å². The lowest BCUT2D eigenvalue weighted by Crippen LogP contribution is -2.46. The van der Waals surface area contributed by atoms with Crippen molar-refractivity contribution in [2.45, 2.75) is 70.0 Å². The van der Waals surface area contributed by atoms with E-state index in [1.807, 2.05) is 52.0 Å². The molecule has 7 heteroatoms. The molecule has 1 aromatic rings. The van der Waals surface area contributed by atoms with Gasteiger partial charge in [0, 0.05) is 9.72 Å². The minimum atomic E-state index is -0.922. The number of hydrogen-bond acceptors (Lipinski definition) is 5. The summed E-state index contributed by atoms with van der Waals surface area (Å²) in [4.78, 5) is 17.0. The smallest absolute Gasteiger partial charge is 0.413 e. The van der Waals surface area contributed by atoms with Gasteiger partial charge in [0.1, 0.15) is 5.60 Å². The molecule has 2 atom stereocenters. The number of alkyl carbamates (subject to hydrolysis) is 1. The van der Waals surface area contributed by atoms with Crippen molar-refractivity contribution in [3.8, 4) is 0 Å². The van der Waals surface area contributed by atoms with Crippen molar-refractivity contribution in [2.24, 2.45) is 4.99 Å². The normalized spacial score (nSPS) is 24.0. The number of carbonyl (C=O) groups is 1. The fourth-order valence-corrected chi connectivity index (χ4v) is 4.44. The summed E-state index contributed by atoms with van der Waals surface area (Å²) in [5, 5.41) is 13.7. The number of benzene rings is 1. The first-order valence-electron chi connectivity index (χ1n) is 8.53. The maximum absolute atomic E-state index is 12.2. The quantitative estimate of drug-likeness (QED) is 0.688. The van der Waals surface area contributed by atoms with E-state index in [-0.39, 0.29) is 5.25 Å². The summed E-state index contributed by atoms with van der Waals surface area (Å²) in [6, 6.07) is 7.95. The SMILES string of the molecule is CC(C)(C)OC(=O)NC1=N[C@](C)(c2cccc(Br)c2)CC(C(C)(C)O)S1. The maximum atomic E-state index is 12.2. The van der Waals surface area contributed by atoms with E-state index in [9.17, 15) is 9.90 Å². The Morgan fingerprint density at radius 1 is 1.38 bits per heavy atom. The van der Waals surface area contributed by atoms with Crippen molar-refractivity contribution in [1.82, 2.24) is 5.32 Å². The molecule has 1 aliphatic rings. The van der Waals surface area contributed by atoms with E-state index in [1.165, 1.54) is 11.8 Å². The predicted octanol–water partition coefficient (Wildman–Crippen LogP) is 4.82. The van der Waals surface area contributed by atoms with Crippen LogP contribution in [-0.2, 0) is 10.3 Å². The van der Waals surface area contributed by atoms with Gasteiger partial charge in [-0.3, -0.25) is 10.3 Å². The summed E-state index contributed by atoms with van der Waals surface area (Å²) in [6.45, 7) is 11.0. The van der Waals surface area contributed by atoms with Gasteiger partial charge in [0.15, 0.2) is 5.17 Å². The zero-order valence-corrected chi connectivity index (χ0v) is 18.5. The molecule has 1 amide bonds. The van der Waals surface area contributed by atoms with Crippen LogP contribution in [0.1, 0.15) is 53.5 Å². The van der Waals surface area contributed by atoms with E-state index in [4.69, 9.17) is 9.73 Å². The molecule has 0 saturated carbocycles. The second-order valence-electron chi connectivity index (χ2n) is 8.29. The second kappa shape index (κ2) is 7.52. The first kappa shape index (κ1) is 21.3. The Hall–Kier alpha value is -1.05. The number of rotatable bonds is 2. The fraction of sp³-hybridized carbons (Fsp3) is 0.579. The topological polar surface area (TPSA) is 70.9 Å². The second-order valence-corrected chi connectivity index (χ2v) is 10.4. The number of amidine groups is 1. The minimum absolute atomic E-state index is 0.131. The molecule has 5 nitrogen and oxygen atoms in total. The molecule has 2 N–H and O–H groups in total. The van der Waals surface area contributed by atoms with Crippen LogP contribution in [0.4, 0.5) is 4.79 Å². The Balaban J connectivity index is 2.36. The molecule has 26 heavy (non-hydrogen) atoms. The largest absolute Gasteiger partial charge is 0.444 e. The van der Waals surface area contributed by atoms with Crippen LogP contribution >= 0.6 is 27.7 Å². The number of aliphatic imine (C=N–C) groups is 1. The number of nitrogens with zero attached hydrogens (tertiary/aromatic N) is 1. The van der Waals surface area contributed by atoms with Gasteiger partial charge in [-0.25, -0.2) is 4.79 Å². The monoisotopic (exact) mass is 442 g/mol. The third-order valence-electron chi connectivity index (χ3n) is 4.03. The Bertz CT molecular complexity index is 709. The van der Waals surface area contributed by atoms with Gasteiger partial charge in [-0.2, -0.15) is 0 Å². The van der Waals surface area contributed by atoms with Gasteiger partial charge in [0.25, 0.3) is 0 Å². The number of ether oxygens (including phenoxy) is 1. The predicted molar refractivity (Wildman–Crippen MR) is 111 cm³/mol. The van der Waals surface area contributed by atoms with Crippen LogP contribution in [0.3, 0.4) is 0 Å². The third-order valence-corrected chi connectivity index (χ3v) is 5.97. The van der Waals surface area contributed by atoms with Crippen LogP contribution in [0.15, 0.2) is 33.7 Å². The van der Waals surface area contributed by atoms with Crippen molar-refractivity contribution in [3.05, 3.63) is 34.3 Å². The molecule has 0 bridgehead atoms. The lowest BCUT2D eigenvalue weighted by Gasteiger charge is -2.40. The van der Waals surface area contributed by atoms with E-state index in [0.29, 0.717) is 11.6 Å². The molecule has 1 aromatic carbocycles. The van der Waals surface area contributed by atoms with Crippen molar-refractivity contribution in [2.75, 3.05) is 0 Å². The average Bonchev–Trinajstić information content (AvgIpc) is 2.43. The molecule has 144 valence electrons. The summed E-state index contributed by atoms with van der Waals surface area (Å²) < 4.78 is 6.30. The lowest BCUT2D eigenvalue weighted by molar-refractivity contribution is 0.0559. The van der Waals surface area contributed by atoms with Crippen LogP contribution in [0, 0.1) is 0 Å².